The lowest BCUT2D eigenvalue weighted by atomic mass is 10.3. The van der Waals surface area contributed by atoms with Gasteiger partial charge in [-0.3, -0.25) is 0 Å². The summed E-state index contributed by atoms with van der Waals surface area (Å²) in [5.74, 6) is 0. The average molecular weight is 206 g/mol. The second-order valence-electron chi connectivity index (χ2n) is 3.28. The maximum atomic E-state index is 4.58. The Hall–Kier alpha value is -0.930. The lowest BCUT2D eigenvalue weighted by Gasteiger charge is -1.94. The first-order valence-electron chi connectivity index (χ1n) is 4.89. The molecule has 0 spiro atoms. The molecule has 0 radical (unpaired) electrons. The van der Waals surface area contributed by atoms with E-state index < -0.39 is 0 Å². The van der Waals surface area contributed by atoms with Crippen molar-refractivity contribution in [2.24, 2.45) is 0 Å². The number of rotatable bonds is 4. The molecule has 0 unspecified atom stereocenters. The number of benzene rings is 1. The van der Waals surface area contributed by atoms with E-state index in [2.05, 4.69) is 28.5 Å². The van der Waals surface area contributed by atoms with Gasteiger partial charge in [-0.2, -0.15) is 0 Å². The minimum atomic E-state index is 1.07. The van der Waals surface area contributed by atoms with Crippen LogP contribution in [-0.4, -0.2) is 18.6 Å². The fourth-order valence-corrected chi connectivity index (χ4v) is 2.45. The van der Waals surface area contributed by atoms with E-state index in [0.29, 0.717) is 0 Å². The molecule has 0 saturated heterocycles. The van der Waals surface area contributed by atoms with Gasteiger partial charge in [-0.1, -0.05) is 12.1 Å². The molecule has 1 aromatic heterocycles. The number of thiazole rings is 1. The summed E-state index contributed by atoms with van der Waals surface area (Å²) in [6.45, 7) is 1.07. The van der Waals surface area contributed by atoms with Gasteiger partial charge >= 0.3 is 0 Å². The molecule has 14 heavy (non-hydrogen) atoms. The number of aryl methyl sites for hydroxylation is 1. The first kappa shape index (κ1) is 9.62. The van der Waals surface area contributed by atoms with Crippen LogP contribution in [0.5, 0.6) is 0 Å². The molecule has 1 N–H and O–H groups in total. The van der Waals surface area contributed by atoms with Crippen LogP contribution in [0.15, 0.2) is 24.3 Å². The Kier molecular flexibility index (Phi) is 3.11. The third-order valence-electron chi connectivity index (χ3n) is 2.16. The van der Waals surface area contributed by atoms with Gasteiger partial charge in [0.05, 0.1) is 15.2 Å². The molecule has 0 atom stereocenters. The lowest BCUT2D eigenvalue weighted by Crippen LogP contribution is -2.08. The predicted molar refractivity (Wildman–Crippen MR) is 61.9 cm³/mol. The molecule has 1 heterocycles. The Labute approximate surface area is 88.0 Å². The van der Waals surface area contributed by atoms with Gasteiger partial charge in [0.15, 0.2) is 0 Å². The first-order chi connectivity index (χ1) is 6.90. The van der Waals surface area contributed by atoms with Crippen molar-refractivity contribution in [3.05, 3.63) is 29.3 Å². The van der Waals surface area contributed by atoms with Crippen molar-refractivity contribution in [1.29, 1.82) is 0 Å². The van der Waals surface area contributed by atoms with Gasteiger partial charge in [0.2, 0.25) is 0 Å². The van der Waals surface area contributed by atoms with Crippen LogP contribution in [0.4, 0.5) is 0 Å². The number of hydrogen-bond donors (Lipinski definition) is 1. The van der Waals surface area contributed by atoms with Gasteiger partial charge in [0.1, 0.15) is 0 Å². The quantitative estimate of drug-likeness (QED) is 0.777. The summed E-state index contributed by atoms with van der Waals surface area (Å²) in [4.78, 5) is 4.58. The molecule has 0 aliphatic rings. The molecule has 0 saturated carbocycles. The Balaban J connectivity index is 2.11. The number of para-hydroxylation sites is 1. The monoisotopic (exact) mass is 206 g/mol. The molecule has 0 aliphatic carbocycles. The van der Waals surface area contributed by atoms with Gasteiger partial charge in [-0.15, -0.1) is 11.3 Å². The Morgan fingerprint density at radius 3 is 3.00 bits per heavy atom. The van der Waals surface area contributed by atoms with Gasteiger partial charge in [-0.25, -0.2) is 4.98 Å². The van der Waals surface area contributed by atoms with Crippen molar-refractivity contribution in [2.75, 3.05) is 13.6 Å². The topological polar surface area (TPSA) is 24.9 Å². The predicted octanol–water partition coefficient (Wildman–Crippen LogP) is 2.45. The zero-order valence-corrected chi connectivity index (χ0v) is 9.10. The fourth-order valence-electron chi connectivity index (χ4n) is 1.44. The highest BCUT2D eigenvalue weighted by Crippen LogP contribution is 2.22. The highest BCUT2D eigenvalue weighted by molar-refractivity contribution is 7.18. The van der Waals surface area contributed by atoms with Crippen molar-refractivity contribution in [3.63, 3.8) is 0 Å². The SMILES string of the molecule is CNCCCc1nc2ccccc2s1. The fraction of sp³-hybridized carbons (Fsp3) is 0.364. The third-order valence-corrected chi connectivity index (χ3v) is 3.25. The largest absolute Gasteiger partial charge is 0.320 e. The first-order valence-corrected chi connectivity index (χ1v) is 5.71. The van der Waals surface area contributed by atoms with Crippen molar-refractivity contribution in [3.8, 4) is 0 Å². The molecule has 0 amide bonds. The number of hydrogen-bond acceptors (Lipinski definition) is 3. The van der Waals surface area contributed by atoms with Crippen LogP contribution in [0.3, 0.4) is 0 Å². The van der Waals surface area contributed by atoms with Crippen LogP contribution in [0.2, 0.25) is 0 Å². The number of nitrogens with one attached hydrogen (secondary N) is 1. The molecule has 74 valence electrons. The molecule has 0 fully saturated rings. The van der Waals surface area contributed by atoms with Crippen molar-refractivity contribution in [2.45, 2.75) is 12.8 Å². The van der Waals surface area contributed by atoms with Gasteiger partial charge in [0, 0.05) is 6.42 Å². The molecular formula is C11H14N2S. The van der Waals surface area contributed by atoms with Crippen LogP contribution < -0.4 is 5.32 Å². The van der Waals surface area contributed by atoms with E-state index in [9.17, 15) is 0 Å². The minimum Gasteiger partial charge on any atom is -0.320 e. The normalized spacial score (nSPS) is 10.9. The summed E-state index contributed by atoms with van der Waals surface area (Å²) in [6.07, 6.45) is 2.25. The van der Waals surface area contributed by atoms with Gasteiger partial charge in [-0.05, 0) is 32.1 Å². The molecule has 2 rings (SSSR count). The maximum Gasteiger partial charge on any atom is 0.0939 e. The molecule has 1 aromatic carbocycles. The summed E-state index contributed by atoms with van der Waals surface area (Å²) in [7, 11) is 1.98. The molecule has 3 heteroatoms. The van der Waals surface area contributed by atoms with E-state index in [1.807, 2.05) is 24.5 Å². The summed E-state index contributed by atoms with van der Waals surface area (Å²) in [5.41, 5.74) is 1.14. The molecule has 0 aliphatic heterocycles. The third kappa shape index (κ3) is 2.11. The standard InChI is InChI=1S/C11H14N2S/c1-12-8-4-7-11-13-9-5-2-3-6-10(9)14-11/h2-3,5-6,12H,4,7-8H2,1H3. The van der Waals surface area contributed by atoms with E-state index in [0.717, 1.165) is 24.9 Å². The smallest absolute Gasteiger partial charge is 0.0939 e. The Morgan fingerprint density at radius 2 is 2.21 bits per heavy atom. The van der Waals surface area contributed by atoms with Crippen molar-refractivity contribution >= 4 is 21.6 Å². The number of aromatic nitrogens is 1. The van der Waals surface area contributed by atoms with Gasteiger partial charge in [0.25, 0.3) is 0 Å². The van der Waals surface area contributed by atoms with Crippen LogP contribution in [0.25, 0.3) is 10.2 Å². The highest BCUT2D eigenvalue weighted by atomic mass is 32.1. The number of fused-ring (bicyclic) bond motifs is 1. The van der Waals surface area contributed by atoms with Crippen LogP contribution in [0.1, 0.15) is 11.4 Å². The number of nitrogens with zero attached hydrogens (tertiary/aromatic N) is 1. The Morgan fingerprint density at radius 1 is 1.36 bits per heavy atom. The van der Waals surface area contributed by atoms with E-state index >= 15 is 0 Å². The van der Waals surface area contributed by atoms with E-state index in [-0.39, 0.29) is 0 Å². The summed E-state index contributed by atoms with van der Waals surface area (Å²) >= 11 is 1.81. The average Bonchev–Trinajstić information content (AvgIpc) is 2.60. The van der Waals surface area contributed by atoms with Crippen molar-refractivity contribution in [1.82, 2.24) is 10.3 Å². The van der Waals surface area contributed by atoms with Crippen LogP contribution >= 0.6 is 11.3 Å². The zero-order valence-electron chi connectivity index (χ0n) is 8.29. The minimum absolute atomic E-state index is 1.07. The molecular weight excluding hydrogens is 192 g/mol. The zero-order chi connectivity index (χ0) is 9.80. The molecule has 2 aromatic rings. The lowest BCUT2D eigenvalue weighted by molar-refractivity contribution is 0.723. The van der Waals surface area contributed by atoms with E-state index in [1.54, 1.807) is 0 Å². The molecule has 2 nitrogen and oxygen atoms in total. The second kappa shape index (κ2) is 4.53. The van der Waals surface area contributed by atoms with Gasteiger partial charge < -0.3 is 5.32 Å². The summed E-state index contributed by atoms with van der Waals surface area (Å²) in [6, 6.07) is 8.32. The van der Waals surface area contributed by atoms with E-state index in [4.69, 9.17) is 0 Å². The summed E-state index contributed by atoms with van der Waals surface area (Å²) in [5, 5.41) is 4.40. The van der Waals surface area contributed by atoms with Crippen molar-refractivity contribution < 1.29 is 0 Å². The Bertz CT molecular complexity index is 375. The van der Waals surface area contributed by atoms with Crippen LogP contribution in [0, 0.1) is 0 Å². The second-order valence-corrected chi connectivity index (χ2v) is 4.40. The summed E-state index contributed by atoms with van der Waals surface area (Å²) < 4.78 is 1.30. The highest BCUT2D eigenvalue weighted by Gasteiger charge is 2.01. The maximum absolute atomic E-state index is 4.58. The van der Waals surface area contributed by atoms with Crippen LogP contribution in [-0.2, 0) is 6.42 Å². The molecule has 0 bridgehead atoms. The van der Waals surface area contributed by atoms with E-state index in [1.165, 1.54) is 9.71 Å².